The van der Waals surface area contributed by atoms with E-state index in [9.17, 15) is 23.1 Å². The molecule has 1 aromatic carbocycles. The van der Waals surface area contributed by atoms with E-state index < -0.39 is 41.5 Å². The summed E-state index contributed by atoms with van der Waals surface area (Å²) >= 11 is 0. The molecule has 1 amide bonds. The van der Waals surface area contributed by atoms with Crippen LogP contribution in [0.4, 0.5) is 13.2 Å². The van der Waals surface area contributed by atoms with Crippen LogP contribution in [0.2, 0.25) is 0 Å². The Morgan fingerprint density at radius 2 is 2.00 bits per heavy atom. The predicted octanol–water partition coefficient (Wildman–Crippen LogP) is 1.74. The standard InChI is InChI=1S/C15H19F3N2O2/c1-3-20-5-4-12(19-15(22)8(2)21)14(20)9-6-10(16)13(18)11(17)7-9/h6-8,12,14,21H,3-5H2,1-2H3,(H,19,22). The van der Waals surface area contributed by atoms with Gasteiger partial charge < -0.3 is 10.4 Å². The van der Waals surface area contributed by atoms with E-state index in [-0.39, 0.29) is 5.56 Å². The van der Waals surface area contributed by atoms with Crippen molar-refractivity contribution in [2.24, 2.45) is 0 Å². The molecule has 1 fully saturated rings. The van der Waals surface area contributed by atoms with Crippen molar-refractivity contribution < 1.29 is 23.1 Å². The van der Waals surface area contributed by atoms with Crippen molar-refractivity contribution in [1.29, 1.82) is 0 Å². The van der Waals surface area contributed by atoms with E-state index in [1.807, 2.05) is 11.8 Å². The molecule has 3 unspecified atom stereocenters. The summed E-state index contributed by atoms with van der Waals surface area (Å²) in [4.78, 5) is 13.6. The zero-order valence-electron chi connectivity index (χ0n) is 12.4. The first-order chi connectivity index (χ1) is 10.3. The molecule has 122 valence electrons. The number of nitrogens with zero attached hydrogens (tertiary/aromatic N) is 1. The summed E-state index contributed by atoms with van der Waals surface area (Å²) in [5.41, 5.74) is 0.270. The van der Waals surface area contributed by atoms with E-state index in [4.69, 9.17) is 0 Å². The minimum absolute atomic E-state index is 0.270. The summed E-state index contributed by atoms with van der Waals surface area (Å²) in [6.07, 6.45) is -0.588. The minimum Gasteiger partial charge on any atom is -0.384 e. The molecule has 0 bridgehead atoms. The van der Waals surface area contributed by atoms with Gasteiger partial charge in [0.2, 0.25) is 5.91 Å². The van der Waals surface area contributed by atoms with Gasteiger partial charge in [0, 0.05) is 12.6 Å². The maximum absolute atomic E-state index is 13.5. The van der Waals surface area contributed by atoms with Crippen LogP contribution in [-0.2, 0) is 4.79 Å². The highest BCUT2D eigenvalue weighted by Gasteiger charge is 2.36. The Labute approximate surface area is 126 Å². The number of amides is 1. The average molecular weight is 316 g/mol. The quantitative estimate of drug-likeness (QED) is 0.832. The highest BCUT2D eigenvalue weighted by molar-refractivity contribution is 5.80. The van der Waals surface area contributed by atoms with Crippen LogP contribution in [0.15, 0.2) is 12.1 Å². The SMILES string of the molecule is CCN1CCC(NC(=O)C(C)O)C1c1cc(F)c(F)c(F)c1. The summed E-state index contributed by atoms with van der Waals surface area (Å²) in [5, 5.41) is 12.0. The van der Waals surface area contributed by atoms with Crippen molar-refractivity contribution in [2.75, 3.05) is 13.1 Å². The van der Waals surface area contributed by atoms with Gasteiger partial charge in [-0.1, -0.05) is 6.92 Å². The van der Waals surface area contributed by atoms with Crippen molar-refractivity contribution in [3.63, 3.8) is 0 Å². The highest BCUT2D eigenvalue weighted by Crippen LogP contribution is 2.33. The summed E-state index contributed by atoms with van der Waals surface area (Å²) in [7, 11) is 0. The fourth-order valence-corrected chi connectivity index (χ4v) is 2.85. The van der Waals surface area contributed by atoms with Crippen LogP contribution in [0, 0.1) is 17.5 Å². The van der Waals surface area contributed by atoms with E-state index in [1.54, 1.807) is 0 Å². The molecule has 0 aliphatic carbocycles. The van der Waals surface area contributed by atoms with Crippen molar-refractivity contribution >= 4 is 5.91 Å². The van der Waals surface area contributed by atoms with Gasteiger partial charge in [-0.05, 0) is 37.6 Å². The molecular formula is C15H19F3N2O2. The smallest absolute Gasteiger partial charge is 0.248 e. The second-order valence-corrected chi connectivity index (χ2v) is 5.45. The van der Waals surface area contributed by atoms with Gasteiger partial charge >= 0.3 is 0 Å². The monoisotopic (exact) mass is 316 g/mol. The maximum atomic E-state index is 13.5. The fourth-order valence-electron chi connectivity index (χ4n) is 2.85. The molecule has 1 aliphatic heterocycles. The van der Waals surface area contributed by atoms with Crippen LogP contribution in [0.3, 0.4) is 0 Å². The van der Waals surface area contributed by atoms with Crippen LogP contribution in [0.1, 0.15) is 31.9 Å². The van der Waals surface area contributed by atoms with Gasteiger partial charge in [-0.15, -0.1) is 0 Å². The molecule has 1 aromatic rings. The van der Waals surface area contributed by atoms with Gasteiger partial charge in [0.25, 0.3) is 0 Å². The summed E-state index contributed by atoms with van der Waals surface area (Å²) in [5.74, 6) is -4.55. The normalized spacial score (nSPS) is 23.5. The third-order valence-corrected chi connectivity index (χ3v) is 3.96. The topological polar surface area (TPSA) is 52.6 Å². The number of aliphatic hydroxyl groups is 1. The first kappa shape index (κ1) is 16.8. The molecule has 1 saturated heterocycles. The highest BCUT2D eigenvalue weighted by atomic mass is 19.2. The van der Waals surface area contributed by atoms with E-state index in [1.165, 1.54) is 6.92 Å². The number of aliphatic hydroxyl groups excluding tert-OH is 1. The molecule has 1 heterocycles. The second kappa shape index (κ2) is 6.66. The number of halogens is 3. The number of benzene rings is 1. The van der Waals surface area contributed by atoms with Gasteiger partial charge in [0.1, 0.15) is 6.10 Å². The van der Waals surface area contributed by atoms with Crippen molar-refractivity contribution in [1.82, 2.24) is 10.2 Å². The van der Waals surface area contributed by atoms with E-state index in [0.29, 0.717) is 19.5 Å². The molecule has 3 atom stereocenters. The molecule has 2 N–H and O–H groups in total. The lowest BCUT2D eigenvalue weighted by Crippen LogP contribution is -2.43. The lowest BCUT2D eigenvalue weighted by atomic mass is 9.99. The Morgan fingerprint density at radius 3 is 2.50 bits per heavy atom. The first-order valence-electron chi connectivity index (χ1n) is 7.22. The van der Waals surface area contributed by atoms with E-state index >= 15 is 0 Å². The Bertz CT molecular complexity index is 543. The molecule has 0 radical (unpaired) electrons. The lowest BCUT2D eigenvalue weighted by Gasteiger charge is -2.28. The Morgan fingerprint density at radius 1 is 1.41 bits per heavy atom. The molecule has 22 heavy (non-hydrogen) atoms. The van der Waals surface area contributed by atoms with Crippen LogP contribution in [0.5, 0.6) is 0 Å². The van der Waals surface area contributed by atoms with Gasteiger partial charge in [-0.25, -0.2) is 13.2 Å². The Balaban J connectivity index is 2.32. The number of carbonyl (C=O) groups excluding carboxylic acids is 1. The Kier molecular flexibility index (Phi) is 5.08. The largest absolute Gasteiger partial charge is 0.384 e. The number of hydrogen-bond donors (Lipinski definition) is 2. The second-order valence-electron chi connectivity index (χ2n) is 5.45. The first-order valence-corrected chi connectivity index (χ1v) is 7.22. The Hall–Kier alpha value is -1.60. The van der Waals surface area contributed by atoms with Crippen molar-refractivity contribution in [3.05, 3.63) is 35.1 Å². The lowest BCUT2D eigenvalue weighted by molar-refractivity contribution is -0.129. The zero-order chi connectivity index (χ0) is 16.4. The predicted molar refractivity (Wildman–Crippen MR) is 74.5 cm³/mol. The third kappa shape index (κ3) is 3.25. The summed E-state index contributed by atoms with van der Waals surface area (Å²) in [6.45, 7) is 4.48. The molecule has 2 rings (SSSR count). The van der Waals surface area contributed by atoms with Gasteiger partial charge in [-0.2, -0.15) is 0 Å². The molecule has 4 nitrogen and oxygen atoms in total. The summed E-state index contributed by atoms with van der Waals surface area (Å²) in [6, 6.07) is 1.06. The van der Waals surface area contributed by atoms with E-state index in [2.05, 4.69) is 5.32 Å². The van der Waals surface area contributed by atoms with Crippen molar-refractivity contribution in [3.8, 4) is 0 Å². The number of likely N-dealkylation sites (tertiary alicyclic amines) is 1. The third-order valence-electron chi connectivity index (χ3n) is 3.96. The number of nitrogens with one attached hydrogen (secondary N) is 1. The van der Waals surface area contributed by atoms with Crippen LogP contribution in [0.25, 0.3) is 0 Å². The van der Waals surface area contributed by atoms with Crippen LogP contribution >= 0.6 is 0 Å². The minimum atomic E-state index is -1.51. The van der Waals surface area contributed by atoms with E-state index in [0.717, 1.165) is 12.1 Å². The van der Waals surface area contributed by atoms with Crippen molar-refractivity contribution in [2.45, 2.75) is 38.5 Å². The molecule has 0 saturated carbocycles. The molecule has 1 aliphatic rings. The fraction of sp³-hybridized carbons (Fsp3) is 0.533. The van der Waals surface area contributed by atoms with Gasteiger partial charge in [-0.3, -0.25) is 9.69 Å². The van der Waals surface area contributed by atoms with Crippen LogP contribution < -0.4 is 5.32 Å². The van der Waals surface area contributed by atoms with Gasteiger partial charge in [0.15, 0.2) is 17.5 Å². The molecule has 0 spiro atoms. The van der Waals surface area contributed by atoms with Gasteiger partial charge in [0.05, 0.1) is 6.04 Å². The number of likely N-dealkylation sites (N-methyl/N-ethyl adjacent to an activating group) is 1. The molecular weight excluding hydrogens is 297 g/mol. The van der Waals surface area contributed by atoms with Crippen LogP contribution in [-0.4, -0.2) is 41.1 Å². The number of rotatable bonds is 4. The number of hydrogen-bond acceptors (Lipinski definition) is 3. The number of carbonyl (C=O) groups is 1. The molecule has 0 aromatic heterocycles. The zero-order valence-corrected chi connectivity index (χ0v) is 12.4. The summed E-state index contributed by atoms with van der Waals surface area (Å²) < 4.78 is 40.1. The molecule has 7 heteroatoms. The maximum Gasteiger partial charge on any atom is 0.248 e. The average Bonchev–Trinajstić information content (AvgIpc) is 2.86.